The summed E-state index contributed by atoms with van der Waals surface area (Å²) in [6, 6.07) is 17.0. The van der Waals surface area contributed by atoms with Crippen LogP contribution in [0.4, 0.5) is 5.69 Å². The van der Waals surface area contributed by atoms with Gasteiger partial charge >= 0.3 is 0 Å². The number of Topliss-reactive ketones (excluding diaryl/α,β-unsaturated/α-hetero) is 1. The Morgan fingerprint density at radius 2 is 1.77 bits per heavy atom. The van der Waals surface area contributed by atoms with Crippen LogP contribution in [0.3, 0.4) is 0 Å². The number of piperazine rings is 1. The number of ketones is 1. The van der Waals surface area contributed by atoms with E-state index in [2.05, 4.69) is 11.9 Å². The molecule has 26 heavy (non-hydrogen) atoms. The van der Waals surface area contributed by atoms with Crippen molar-refractivity contribution in [2.24, 2.45) is 4.99 Å². The maximum absolute atomic E-state index is 12.5. The Bertz CT molecular complexity index is 756. The van der Waals surface area contributed by atoms with Gasteiger partial charge in [-0.1, -0.05) is 41.6 Å². The molecule has 0 unspecified atom stereocenters. The molecule has 0 spiro atoms. The molecule has 6 heteroatoms. The number of para-hydroxylation sites is 1. The summed E-state index contributed by atoms with van der Waals surface area (Å²) in [4.78, 5) is 21.1. The number of carbonyl (C=O) groups is 1. The third kappa shape index (κ3) is 5.34. The molecule has 1 N–H and O–H groups in total. The highest BCUT2D eigenvalue weighted by Crippen LogP contribution is 2.19. The minimum absolute atomic E-state index is 0.0900. The molecule has 2 aromatic rings. The number of aliphatic imine (C=N–C) groups is 1. The lowest BCUT2D eigenvalue weighted by Gasteiger charge is -2.32. The van der Waals surface area contributed by atoms with Crippen LogP contribution in [0.15, 0.2) is 59.6 Å². The lowest BCUT2D eigenvalue weighted by atomic mass is 10.1. The van der Waals surface area contributed by atoms with Crippen LogP contribution in [0, 0.1) is 0 Å². The number of likely N-dealkylation sites (N-methyl/N-ethyl adjacent to an activating group) is 1. The first-order chi connectivity index (χ1) is 12.6. The van der Waals surface area contributed by atoms with Gasteiger partial charge in [0.15, 0.2) is 11.0 Å². The molecule has 0 amide bonds. The second-order valence-electron chi connectivity index (χ2n) is 6.39. The lowest BCUT2D eigenvalue weighted by molar-refractivity contribution is -0.883. The molecule has 0 atom stereocenters. The molecule has 1 heterocycles. The van der Waals surface area contributed by atoms with E-state index in [0.29, 0.717) is 16.3 Å². The molecular weight excluding hydrogens is 366 g/mol. The van der Waals surface area contributed by atoms with Gasteiger partial charge in [0.2, 0.25) is 0 Å². The zero-order valence-electron chi connectivity index (χ0n) is 14.8. The molecule has 136 valence electrons. The Balaban J connectivity index is 1.72. The van der Waals surface area contributed by atoms with Crippen LogP contribution in [0.2, 0.25) is 5.02 Å². The Morgan fingerprint density at radius 1 is 1.12 bits per heavy atom. The first-order valence-electron chi connectivity index (χ1n) is 8.73. The van der Waals surface area contributed by atoms with E-state index in [1.165, 1.54) is 16.7 Å². The van der Waals surface area contributed by atoms with Gasteiger partial charge in [-0.25, -0.2) is 4.99 Å². The van der Waals surface area contributed by atoms with Crippen molar-refractivity contribution in [2.45, 2.75) is 0 Å². The number of benzene rings is 2. The van der Waals surface area contributed by atoms with E-state index in [4.69, 9.17) is 16.6 Å². The van der Waals surface area contributed by atoms with Crippen molar-refractivity contribution in [3.63, 3.8) is 0 Å². The molecule has 2 aromatic carbocycles. The topological polar surface area (TPSA) is 37.1 Å². The molecular formula is C20H23ClN3OS+. The fourth-order valence-electron chi connectivity index (χ4n) is 2.74. The average molecular weight is 389 g/mol. The standard InChI is InChI=1S/C20H22ClN3OS/c1-23-11-13-24(14-12-23)20(22-18-5-3-2-4-6-18)26-15-19(25)16-7-9-17(21)10-8-16/h2-10H,11-15H2,1H3/p+1. The van der Waals surface area contributed by atoms with E-state index in [0.717, 1.165) is 37.0 Å². The maximum atomic E-state index is 12.5. The van der Waals surface area contributed by atoms with Crippen molar-refractivity contribution in [2.75, 3.05) is 39.0 Å². The highest BCUT2D eigenvalue weighted by molar-refractivity contribution is 8.14. The number of carbonyl (C=O) groups excluding carboxylic acids is 1. The smallest absolute Gasteiger partial charge is 0.173 e. The highest BCUT2D eigenvalue weighted by atomic mass is 35.5. The van der Waals surface area contributed by atoms with Crippen molar-refractivity contribution in [1.29, 1.82) is 0 Å². The molecule has 0 aromatic heterocycles. The van der Waals surface area contributed by atoms with Crippen LogP contribution in [0.5, 0.6) is 0 Å². The number of rotatable bonds is 4. The van der Waals surface area contributed by atoms with Crippen LogP contribution in [-0.4, -0.2) is 54.8 Å². The Kier molecular flexibility index (Phi) is 6.72. The van der Waals surface area contributed by atoms with Crippen LogP contribution in [-0.2, 0) is 0 Å². The zero-order valence-corrected chi connectivity index (χ0v) is 16.4. The monoisotopic (exact) mass is 388 g/mol. The summed E-state index contributed by atoms with van der Waals surface area (Å²) in [6.07, 6.45) is 0. The number of thioether (sulfide) groups is 1. The van der Waals surface area contributed by atoms with Gasteiger partial charge in [-0.05, 0) is 36.4 Å². The van der Waals surface area contributed by atoms with Crippen molar-refractivity contribution in [3.8, 4) is 0 Å². The van der Waals surface area contributed by atoms with Gasteiger partial charge in [0.1, 0.15) is 0 Å². The number of hydrogen-bond acceptors (Lipinski definition) is 3. The van der Waals surface area contributed by atoms with E-state index in [1.54, 1.807) is 24.3 Å². The predicted octanol–water partition coefficient (Wildman–Crippen LogP) is 2.77. The molecule has 4 nitrogen and oxygen atoms in total. The molecule has 1 saturated heterocycles. The Morgan fingerprint density at radius 3 is 2.42 bits per heavy atom. The van der Waals surface area contributed by atoms with Crippen LogP contribution in [0.25, 0.3) is 0 Å². The summed E-state index contributed by atoms with van der Waals surface area (Å²) in [6.45, 7) is 4.08. The summed E-state index contributed by atoms with van der Waals surface area (Å²) < 4.78 is 0. The van der Waals surface area contributed by atoms with Gasteiger partial charge in [-0.2, -0.15) is 0 Å². The summed E-state index contributed by atoms with van der Waals surface area (Å²) in [5.41, 5.74) is 1.60. The second-order valence-corrected chi connectivity index (χ2v) is 7.77. The summed E-state index contributed by atoms with van der Waals surface area (Å²) >= 11 is 7.42. The minimum Gasteiger partial charge on any atom is -0.340 e. The van der Waals surface area contributed by atoms with E-state index < -0.39 is 0 Å². The predicted molar refractivity (Wildman–Crippen MR) is 110 cm³/mol. The van der Waals surface area contributed by atoms with Crippen LogP contribution in [0.1, 0.15) is 10.4 Å². The average Bonchev–Trinajstić information content (AvgIpc) is 2.67. The third-order valence-corrected chi connectivity index (χ3v) is 5.63. The molecule has 1 aliphatic heterocycles. The number of amidine groups is 1. The fraction of sp³-hybridized carbons (Fsp3) is 0.300. The SMILES string of the molecule is C[NH+]1CCN(C(=Nc2ccccc2)SCC(=O)c2ccc(Cl)cc2)CC1. The van der Waals surface area contributed by atoms with E-state index in [-0.39, 0.29) is 5.78 Å². The molecule has 0 aliphatic carbocycles. The quantitative estimate of drug-likeness (QED) is 0.497. The van der Waals surface area contributed by atoms with E-state index in [9.17, 15) is 4.79 Å². The third-order valence-electron chi connectivity index (χ3n) is 4.37. The lowest BCUT2D eigenvalue weighted by Crippen LogP contribution is -3.12. The minimum atomic E-state index is 0.0900. The van der Waals surface area contributed by atoms with E-state index in [1.807, 2.05) is 30.3 Å². The number of quaternary nitrogens is 1. The van der Waals surface area contributed by atoms with Gasteiger partial charge in [-0.15, -0.1) is 0 Å². The summed E-state index contributed by atoms with van der Waals surface area (Å²) in [7, 11) is 2.21. The number of nitrogens with zero attached hydrogens (tertiary/aromatic N) is 2. The Labute approximate surface area is 163 Å². The molecule has 0 saturated carbocycles. The van der Waals surface area contributed by atoms with Crippen molar-refractivity contribution < 1.29 is 9.69 Å². The van der Waals surface area contributed by atoms with Gasteiger partial charge in [-0.3, -0.25) is 4.79 Å². The first-order valence-corrected chi connectivity index (χ1v) is 10.1. The highest BCUT2D eigenvalue weighted by Gasteiger charge is 2.21. The molecule has 3 rings (SSSR count). The molecule has 0 bridgehead atoms. The second kappa shape index (κ2) is 9.21. The van der Waals surface area contributed by atoms with Gasteiger partial charge in [0, 0.05) is 10.6 Å². The van der Waals surface area contributed by atoms with Gasteiger partial charge in [0.05, 0.1) is 44.7 Å². The molecule has 1 fully saturated rings. The Hall–Kier alpha value is -1.82. The fourth-order valence-corrected chi connectivity index (χ4v) is 3.82. The van der Waals surface area contributed by atoms with Crippen molar-refractivity contribution in [1.82, 2.24) is 4.90 Å². The summed E-state index contributed by atoms with van der Waals surface area (Å²) in [5.74, 6) is 0.458. The number of nitrogens with one attached hydrogen (secondary N) is 1. The molecule has 1 aliphatic rings. The van der Waals surface area contributed by atoms with Crippen molar-refractivity contribution in [3.05, 3.63) is 65.2 Å². The van der Waals surface area contributed by atoms with Crippen molar-refractivity contribution >= 4 is 40.0 Å². The maximum Gasteiger partial charge on any atom is 0.173 e. The number of hydrogen-bond donors (Lipinski definition) is 1. The largest absolute Gasteiger partial charge is 0.340 e. The van der Waals surface area contributed by atoms with Crippen LogP contribution < -0.4 is 4.90 Å². The van der Waals surface area contributed by atoms with Gasteiger partial charge < -0.3 is 9.80 Å². The van der Waals surface area contributed by atoms with Crippen LogP contribution >= 0.6 is 23.4 Å². The molecule has 0 radical (unpaired) electrons. The summed E-state index contributed by atoms with van der Waals surface area (Å²) in [5, 5.41) is 1.56. The zero-order chi connectivity index (χ0) is 18.4. The first kappa shape index (κ1) is 19.0. The normalized spacial score (nSPS) is 15.9. The van der Waals surface area contributed by atoms with Gasteiger partial charge in [0.25, 0.3) is 0 Å². The number of halogens is 1. The van der Waals surface area contributed by atoms with E-state index >= 15 is 0 Å².